The van der Waals surface area contributed by atoms with Gasteiger partial charge in [-0.3, -0.25) is 9.78 Å². The molecule has 5 nitrogen and oxygen atoms in total. The molecule has 3 rings (SSSR count). The van der Waals surface area contributed by atoms with Gasteiger partial charge in [0.05, 0.1) is 11.0 Å². The zero-order valence-corrected chi connectivity index (χ0v) is 9.98. The molecule has 0 fully saturated rings. The van der Waals surface area contributed by atoms with E-state index >= 15 is 0 Å². The van der Waals surface area contributed by atoms with E-state index < -0.39 is 5.56 Å². The van der Waals surface area contributed by atoms with Gasteiger partial charge in [0, 0.05) is 6.07 Å². The van der Waals surface area contributed by atoms with Gasteiger partial charge in [-0.2, -0.15) is 0 Å². The van der Waals surface area contributed by atoms with Gasteiger partial charge in [-0.25, -0.2) is 9.97 Å². The van der Waals surface area contributed by atoms with Gasteiger partial charge in [0.2, 0.25) is 5.88 Å². The third-order valence-electron chi connectivity index (χ3n) is 3.04. The Labute approximate surface area is 102 Å². The summed E-state index contributed by atoms with van der Waals surface area (Å²) in [5, 5.41) is 9.68. The second-order valence-corrected chi connectivity index (χ2v) is 4.36. The number of rotatable bonds is 0. The van der Waals surface area contributed by atoms with Gasteiger partial charge >= 0.3 is 0 Å². The molecule has 1 aromatic carbocycles. The number of pyridine rings is 1. The van der Waals surface area contributed by atoms with Crippen molar-refractivity contribution < 1.29 is 5.11 Å². The van der Waals surface area contributed by atoms with Crippen LogP contribution in [-0.4, -0.2) is 20.1 Å². The van der Waals surface area contributed by atoms with Crippen molar-refractivity contribution >= 4 is 22.1 Å². The minimum absolute atomic E-state index is 0.245. The number of aromatic amines is 1. The van der Waals surface area contributed by atoms with E-state index in [-0.39, 0.29) is 5.88 Å². The maximum atomic E-state index is 11.3. The minimum atomic E-state index is -0.391. The number of aryl methyl sites for hydroxylation is 2. The number of aromatic hydroxyl groups is 1. The average Bonchev–Trinajstić information content (AvgIpc) is 2.29. The van der Waals surface area contributed by atoms with E-state index in [1.54, 1.807) is 0 Å². The Morgan fingerprint density at radius 3 is 2.28 bits per heavy atom. The van der Waals surface area contributed by atoms with Gasteiger partial charge in [0.1, 0.15) is 11.0 Å². The van der Waals surface area contributed by atoms with Gasteiger partial charge in [-0.15, -0.1) is 0 Å². The van der Waals surface area contributed by atoms with E-state index in [9.17, 15) is 9.90 Å². The molecule has 90 valence electrons. The Kier molecular flexibility index (Phi) is 2.10. The van der Waals surface area contributed by atoms with Gasteiger partial charge in [-0.1, -0.05) is 0 Å². The normalized spacial score (nSPS) is 11.2. The van der Waals surface area contributed by atoms with Crippen molar-refractivity contribution in [1.82, 2.24) is 15.0 Å². The smallest absolute Gasteiger partial charge is 0.252 e. The summed E-state index contributed by atoms with van der Waals surface area (Å²) in [6.45, 7) is 3.99. The van der Waals surface area contributed by atoms with Crippen molar-refractivity contribution in [2.45, 2.75) is 13.8 Å². The van der Waals surface area contributed by atoms with Crippen molar-refractivity contribution in [2.75, 3.05) is 0 Å². The molecule has 0 saturated carbocycles. The summed E-state index contributed by atoms with van der Waals surface area (Å²) in [4.78, 5) is 22.3. The summed E-state index contributed by atoms with van der Waals surface area (Å²) in [7, 11) is 0. The summed E-state index contributed by atoms with van der Waals surface area (Å²) < 4.78 is 0. The molecule has 2 N–H and O–H groups in total. The molecule has 2 heterocycles. The van der Waals surface area contributed by atoms with Crippen LogP contribution in [-0.2, 0) is 0 Å². The molecule has 0 aliphatic carbocycles. The number of aromatic nitrogens is 3. The zero-order chi connectivity index (χ0) is 12.9. The quantitative estimate of drug-likeness (QED) is 0.588. The lowest BCUT2D eigenvalue weighted by molar-refractivity contribution is 0.457. The molecule has 0 radical (unpaired) electrons. The maximum absolute atomic E-state index is 11.3. The molecule has 5 heteroatoms. The fourth-order valence-corrected chi connectivity index (χ4v) is 1.94. The van der Waals surface area contributed by atoms with E-state index in [1.165, 1.54) is 6.07 Å². The Morgan fingerprint density at radius 1 is 1.00 bits per heavy atom. The molecule has 18 heavy (non-hydrogen) atoms. The standard InChI is InChI=1S/C13H11N3O2/c1-6-3-8-9(4-7(6)2)15-12-10(14-8)5-11(17)16-13(12)18/h3-5H,1-2H3,(H2,16,17,18). The second kappa shape index (κ2) is 3.53. The average molecular weight is 241 g/mol. The minimum Gasteiger partial charge on any atom is -0.493 e. The SMILES string of the molecule is Cc1cc2nc3cc(=O)[nH]c(O)c3nc2cc1C. The fraction of sp³-hybridized carbons (Fsp3) is 0.154. The van der Waals surface area contributed by atoms with Crippen LogP contribution in [0.3, 0.4) is 0 Å². The molecule has 0 unspecified atom stereocenters. The predicted octanol–water partition coefficient (Wildman–Crippen LogP) is 1.79. The summed E-state index contributed by atoms with van der Waals surface area (Å²) >= 11 is 0. The van der Waals surface area contributed by atoms with Crippen molar-refractivity contribution in [3.8, 4) is 5.88 Å². The van der Waals surface area contributed by atoms with Crippen molar-refractivity contribution in [3.05, 3.63) is 39.7 Å². The molecule has 2 aromatic heterocycles. The predicted molar refractivity (Wildman–Crippen MR) is 68.8 cm³/mol. The van der Waals surface area contributed by atoms with Crippen LogP contribution in [0.2, 0.25) is 0 Å². The first-order valence-corrected chi connectivity index (χ1v) is 5.55. The molecular weight excluding hydrogens is 230 g/mol. The molecule has 0 aliphatic heterocycles. The van der Waals surface area contributed by atoms with Gasteiger partial charge in [0.15, 0.2) is 0 Å². The van der Waals surface area contributed by atoms with Gasteiger partial charge in [0.25, 0.3) is 5.56 Å². The van der Waals surface area contributed by atoms with E-state index in [0.717, 1.165) is 16.6 Å². The molecule has 0 aliphatic rings. The Balaban J connectivity index is 2.51. The highest BCUT2D eigenvalue weighted by molar-refractivity contribution is 5.88. The van der Waals surface area contributed by atoms with Crippen LogP contribution in [0.1, 0.15) is 11.1 Å². The summed E-state index contributed by atoms with van der Waals surface area (Å²) in [5.74, 6) is -0.245. The highest BCUT2D eigenvalue weighted by atomic mass is 16.3. The van der Waals surface area contributed by atoms with Crippen LogP contribution in [0, 0.1) is 13.8 Å². The number of fused-ring (bicyclic) bond motifs is 2. The van der Waals surface area contributed by atoms with Crippen LogP contribution in [0.5, 0.6) is 5.88 Å². The fourth-order valence-electron chi connectivity index (χ4n) is 1.94. The first-order valence-electron chi connectivity index (χ1n) is 5.55. The van der Waals surface area contributed by atoms with E-state index in [2.05, 4.69) is 15.0 Å². The van der Waals surface area contributed by atoms with E-state index in [4.69, 9.17) is 0 Å². The number of hydrogen-bond donors (Lipinski definition) is 2. The largest absolute Gasteiger partial charge is 0.493 e. The number of hydrogen-bond acceptors (Lipinski definition) is 4. The molecule has 3 aromatic rings. The van der Waals surface area contributed by atoms with Gasteiger partial charge < -0.3 is 5.11 Å². The monoisotopic (exact) mass is 241 g/mol. The lowest BCUT2D eigenvalue weighted by Crippen LogP contribution is -2.04. The lowest BCUT2D eigenvalue weighted by Gasteiger charge is -2.05. The number of benzene rings is 1. The third-order valence-corrected chi connectivity index (χ3v) is 3.04. The Bertz CT molecular complexity index is 837. The third kappa shape index (κ3) is 1.52. The molecule has 0 saturated heterocycles. The summed E-state index contributed by atoms with van der Waals surface area (Å²) in [6.07, 6.45) is 0. The van der Waals surface area contributed by atoms with Crippen LogP contribution in [0.25, 0.3) is 22.1 Å². The van der Waals surface area contributed by atoms with E-state index in [0.29, 0.717) is 16.6 Å². The lowest BCUT2D eigenvalue weighted by atomic mass is 10.1. The number of nitrogens with zero attached hydrogens (tertiary/aromatic N) is 2. The van der Waals surface area contributed by atoms with Crippen LogP contribution in [0.4, 0.5) is 0 Å². The first-order chi connectivity index (χ1) is 8.54. The highest BCUT2D eigenvalue weighted by Gasteiger charge is 2.08. The van der Waals surface area contributed by atoms with Gasteiger partial charge in [-0.05, 0) is 37.1 Å². The molecule has 0 atom stereocenters. The Hall–Kier alpha value is -2.43. The zero-order valence-electron chi connectivity index (χ0n) is 9.98. The first kappa shape index (κ1) is 10.7. The van der Waals surface area contributed by atoms with E-state index in [1.807, 2.05) is 26.0 Å². The molecular formula is C13H11N3O2. The van der Waals surface area contributed by atoms with Crippen molar-refractivity contribution in [2.24, 2.45) is 0 Å². The molecule has 0 amide bonds. The van der Waals surface area contributed by atoms with Crippen molar-refractivity contribution in [1.29, 1.82) is 0 Å². The molecule has 0 spiro atoms. The number of nitrogens with one attached hydrogen (secondary N) is 1. The summed E-state index contributed by atoms with van der Waals surface area (Å²) in [5.41, 5.74) is 3.96. The maximum Gasteiger partial charge on any atom is 0.252 e. The van der Waals surface area contributed by atoms with Crippen LogP contribution in [0.15, 0.2) is 23.0 Å². The van der Waals surface area contributed by atoms with Crippen LogP contribution >= 0.6 is 0 Å². The second-order valence-electron chi connectivity index (χ2n) is 4.36. The topological polar surface area (TPSA) is 78.9 Å². The molecule has 0 bridgehead atoms. The number of H-pyrrole nitrogens is 1. The van der Waals surface area contributed by atoms with Crippen LogP contribution < -0.4 is 5.56 Å². The summed E-state index contributed by atoms with van der Waals surface area (Å²) in [6, 6.07) is 5.17. The van der Waals surface area contributed by atoms with Crippen molar-refractivity contribution in [3.63, 3.8) is 0 Å². The highest BCUT2D eigenvalue weighted by Crippen LogP contribution is 2.22. The Morgan fingerprint density at radius 2 is 1.61 bits per heavy atom.